The number of hydrogen-bond donors (Lipinski definition) is 0. The van der Waals surface area contributed by atoms with Crippen molar-refractivity contribution >= 4 is 17.5 Å². The number of para-hydroxylation sites is 1. The Hall–Kier alpha value is -2.41. The minimum Gasteiger partial charge on any atom is -0.261 e. The van der Waals surface area contributed by atoms with Crippen molar-refractivity contribution in [3.05, 3.63) is 83.4 Å². The van der Waals surface area contributed by atoms with Crippen LogP contribution < -0.4 is 0 Å². The molecule has 1 aliphatic rings. The van der Waals surface area contributed by atoms with Crippen molar-refractivity contribution in [3.8, 4) is 0 Å². The minimum atomic E-state index is 0.863. The highest BCUT2D eigenvalue weighted by Gasteiger charge is 2.09. The van der Waals surface area contributed by atoms with Gasteiger partial charge in [-0.05, 0) is 42.2 Å². The van der Waals surface area contributed by atoms with E-state index in [2.05, 4.69) is 48.3 Å². The van der Waals surface area contributed by atoms with Crippen molar-refractivity contribution in [2.75, 3.05) is 0 Å². The third-order valence-corrected chi connectivity index (χ3v) is 3.72. The predicted molar refractivity (Wildman–Crippen MR) is 91.1 cm³/mol. The molecule has 0 unspecified atom stereocenters. The molecule has 0 atom stereocenters. The van der Waals surface area contributed by atoms with Crippen molar-refractivity contribution in [1.82, 2.24) is 0 Å². The first-order valence-electron chi connectivity index (χ1n) is 7.36. The molecule has 0 heterocycles. The van der Waals surface area contributed by atoms with E-state index < -0.39 is 0 Å². The Labute approximate surface area is 126 Å². The van der Waals surface area contributed by atoms with Gasteiger partial charge >= 0.3 is 0 Å². The van der Waals surface area contributed by atoms with Gasteiger partial charge < -0.3 is 0 Å². The highest BCUT2D eigenvalue weighted by molar-refractivity contribution is 5.77. The zero-order chi connectivity index (χ0) is 14.5. The third-order valence-electron chi connectivity index (χ3n) is 3.72. The second kappa shape index (κ2) is 6.36. The summed E-state index contributed by atoms with van der Waals surface area (Å²) in [5.41, 5.74) is 6.47. The van der Waals surface area contributed by atoms with E-state index in [0.29, 0.717) is 0 Å². The molecule has 0 spiro atoms. The predicted octanol–water partition coefficient (Wildman–Crippen LogP) is 5.37. The van der Waals surface area contributed by atoms with Gasteiger partial charge in [-0.3, -0.25) is 4.99 Å². The molecule has 0 radical (unpaired) electrons. The monoisotopic (exact) mass is 273 g/mol. The minimum absolute atomic E-state index is 0.863. The summed E-state index contributed by atoms with van der Waals surface area (Å²) in [7, 11) is 0. The first kappa shape index (κ1) is 13.6. The van der Waals surface area contributed by atoms with Crippen LogP contribution in [-0.4, -0.2) is 6.21 Å². The maximum absolute atomic E-state index is 4.53. The maximum Gasteiger partial charge on any atom is 0.0625 e. The summed E-state index contributed by atoms with van der Waals surface area (Å²) in [6, 6.07) is 18.7. The molecular formula is C20H19N. The molecule has 104 valence electrons. The lowest BCUT2D eigenvalue weighted by Gasteiger charge is -2.08. The number of nitrogens with zero attached hydrogens (tertiary/aromatic N) is 1. The summed E-state index contributed by atoms with van der Waals surface area (Å²) in [4.78, 5) is 4.53. The van der Waals surface area contributed by atoms with Crippen LogP contribution in [-0.2, 0) is 6.42 Å². The zero-order valence-corrected chi connectivity index (χ0v) is 12.3. The van der Waals surface area contributed by atoms with Gasteiger partial charge in [0.2, 0.25) is 0 Å². The van der Waals surface area contributed by atoms with Gasteiger partial charge in [0.1, 0.15) is 0 Å². The third kappa shape index (κ3) is 3.38. The summed E-state index contributed by atoms with van der Waals surface area (Å²) in [6.07, 6.45) is 8.47. The standard InChI is InChI=1S/C20H19N/c1-16-11-12-18(15-16)20-10-6-5-7-17(20)13-14-21-19-8-3-2-4-9-19/h2-11,14-15H,12-13H2,1H3. The molecule has 21 heavy (non-hydrogen) atoms. The number of allylic oxidation sites excluding steroid dienone is 4. The maximum atomic E-state index is 4.53. The summed E-state index contributed by atoms with van der Waals surface area (Å²) < 4.78 is 0. The second-order valence-corrected chi connectivity index (χ2v) is 5.33. The molecule has 0 aromatic heterocycles. The fraction of sp³-hybridized carbons (Fsp3) is 0.150. The molecule has 0 saturated carbocycles. The van der Waals surface area contributed by atoms with E-state index in [1.807, 2.05) is 36.5 Å². The number of aliphatic imine (C=N–C) groups is 1. The van der Waals surface area contributed by atoms with Crippen molar-refractivity contribution in [3.63, 3.8) is 0 Å². The van der Waals surface area contributed by atoms with Crippen LogP contribution in [0.15, 0.2) is 77.3 Å². The van der Waals surface area contributed by atoms with Crippen LogP contribution in [0.4, 0.5) is 5.69 Å². The lowest BCUT2D eigenvalue weighted by Crippen LogP contribution is -1.93. The van der Waals surface area contributed by atoms with Crippen LogP contribution in [0.3, 0.4) is 0 Å². The Morgan fingerprint density at radius 2 is 1.76 bits per heavy atom. The van der Waals surface area contributed by atoms with Gasteiger partial charge in [-0.15, -0.1) is 0 Å². The van der Waals surface area contributed by atoms with Gasteiger partial charge in [-0.1, -0.05) is 60.2 Å². The summed E-state index contributed by atoms with van der Waals surface area (Å²) in [6.45, 7) is 2.16. The van der Waals surface area contributed by atoms with E-state index in [4.69, 9.17) is 0 Å². The zero-order valence-electron chi connectivity index (χ0n) is 12.3. The van der Waals surface area contributed by atoms with Gasteiger partial charge in [0.15, 0.2) is 0 Å². The fourth-order valence-corrected chi connectivity index (χ4v) is 2.63. The molecule has 1 aliphatic carbocycles. The number of benzene rings is 2. The van der Waals surface area contributed by atoms with Crippen molar-refractivity contribution < 1.29 is 0 Å². The molecule has 1 nitrogen and oxygen atoms in total. The average Bonchev–Trinajstić information content (AvgIpc) is 2.95. The molecule has 2 aromatic rings. The molecule has 1 heteroatoms. The summed E-state index contributed by atoms with van der Waals surface area (Å²) in [5, 5.41) is 0. The van der Waals surface area contributed by atoms with Crippen molar-refractivity contribution in [2.24, 2.45) is 4.99 Å². The summed E-state index contributed by atoms with van der Waals surface area (Å²) in [5.74, 6) is 0. The van der Waals surface area contributed by atoms with Crippen LogP contribution in [0.2, 0.25) is 0 Å². The second-order valence-electron chi connectivity index (χ2n) is 5.33. The summed E-state index contributed by atoms with van der Waals surface area (Å²) >= 11 is 0. The first-order chi connectivity index (χ1) is 10.3. The van der Waals surface area contributed by atoms with Crippen LogP contribution in [0, 0.1) is 0 Å². The molecule has 0 fully saturated rings. The highest BCUT2D eigenvalue weighted by atomic mass is 14.7. The van der Waals surface area contributed by atoms with E-state index >= 15 is 0 Å². The molecule has 3 rings (SSSR count). The highest BCUT2D eigenvalue weighted by Crippen LogP contribution is 2.29. The topological polar surface area (TPSA) is 12.4 Å². The Kier molecular flexibility index (Phi) is 4.11. The van der Waals surface area contributed by atoms with Crippen LogP contribution in [0.25, 0.3) is 5.57 Å². The van der Waals surface area contributed by atoms with E-state index in [9.17, 15) is 0 Å². The Morgan fingerprint density at radius 3 is 2.52 bits per heavy atom. The van der Waals surface area contributed by atoms with Crippen LogP contribution in [0.1, 0.15) is 24.5 Å². The van der Waals surface area contributed by atoms with Gasteiger partial charge in [0.05, 0.1) is 5.69 Å². The fourth-order valence-electron chi connectivity index (χ4n) is 2.63. The van der Waals surface area contributed by atoms with Crippen molar-refractivity contribution in [1.29, 1.82) is 0 Å². The lowest BCUT2D eigenvalue weighted by atomic mass is 9.97. The largest absolute Gasteiger partial charge is 0.261 e. The lowest BCUT2D eigenvalue weighted by molar-refractivity contribution is 1.29. The van der Waals surface area contributed by atoms with E-state index in [0.717, 1.165) is 18.5 Å². The molecular weight excluding hydrogens is 254 g/mol. The molecule has 0 saturated heterocycles. The average molecular weight is 273 g/mol. The SMILES string of the molecule is CC1=CCC(c2ccccc2CC=Nc2ccccc2)=C1. The Morgan fingerprint density at radius 1 is 1.00 bits per heavy atom. The Bertz CT molecular complexity index is 706. The quantitative estimate of drug-likeness (QED) is 0.664. The smallest absolute Gasteiger partial charge is 0.0625 e. The molecule has 0 aliphatic heterocycles. The van der Waals surface area contributed by atoms with Crippen LogP contribution in [0.5, 0.6) is 0 Å². The number of hydrogen-bond acceptors (Lipinski definition) is 1. The van der Waals surface area contributed by atoms with Gasteiger partial charge in [-0.25, -0.2) is 0 Å². The van der Waals surface area contributed by atoms with E-state index in [1.54, 1.807) is 0 Å². The normalized spacial score (nSPS) is 14.3. The molecule has 0 N–H and O–H groups in total. The van der Waals surface area contributed by atoms with E-state index in [-0.39, 0.29) is 0 Å². The van der Waals surface area contributed by atoms with Crippen molar-refractivity contribution in [2.45, 2.75) is 19.8 Å². The van der Waals surface area contributed by atoms with Gasteiger partial charge in [0, 0.05) is 12.6 Å². The van der Waals surface area contributed by atoms with Crippen LogP contribution >= 0.6 is 0 Å². The molecule has 2 aromatic carbocycles. The van der Waals surface area contributed by atoms with E-state index in [1.165, 1.54) is 22.3 Å². The first-order valence-corrected chi connectivity index (χ1v) is 7.36. The van der Waals surface area contributed by atoms with Gasteiger partial charge in [-0.2, -0.15) is 0 Å². The molecule has 0 amide bonds. The van der Waals surface area contributed by atoms with Gasteiger partial charge in [0.25, 0.3) is 0 Å². The number of rotatable bonds is 4. The molecule has 0 bridgehead atoms. The Balaban J connectivity index is 1.77.